The van der Waals surface area contributed by atoms with Gasteiger partial charge in [-0.25, -0.2) is 0 Å². The van der Waals surface area contributed by atoms with Gasteiger partial charge in [-0.3, -0.25) is 9.59 Å². The summed E-state index contributed by atoms with van der Waals surface area (Å²) in [5.74, 6) is -0.315. The molecule has 1 aliphatic rings. The van der Waals surface area contributed by atoms with E-state index in [1.807, 2.05) is 43.5 Å². The minimum absolute atomic E-state index is 0.0117. The zero-order chi connectivity index (χ0) is 18.8. The first-order valence-corrected chi connectivity index (χ1v) is 9.25. The summed E-state index contributed by atoms with van der Waals surface area (Å²) in [6, 6.07) is 5.93. The molecule has 26 heavy (non-hydrogen) atoms. The Labute approximate surface area is 153 Å². The number of aliphatic carboxylic acids is 1. The molecule has 3 rings (SSSR count). The van der Waals surface area contributed by atoms with Crippen LogP contribution >= 0.6 is 0 Å². The van der Waals surface area contributed by atoms with Crippen LogP contribution in [0.3, 0.4) is 0 Å². The fourth-order valence-corrected chi connectivity index (χ4v) is 3.84. The van der Waals surface area contributed by atoms with Gasteiger partial charge in [-0.15, -0.1) is 0 Å². The first-order chi connectivity index (χ1) is 12.5. The molecule has 0 aliphatic carbocycles. The van der Waals surface area contributed by atoms with Crippen molar-refractivity contribution in [3.8, 4) is 5.75 Å². The van der Waals surface area contributed by atoms with Crippen molar-refractivity contribution in [1.82, 2.24) is 9.47 Å². The number of hydrogen-bond donors (Lipinski definition) is 1. The molecule has 2 aromatic rings. The Bertz CT molecular complexity index is 832. The molecule has 1 saturated heterocycles. The number of ether oxygens (including phenoxy) is 1. The topological polar surface area (TPSA) is 71.8 Å². The highest BCUT2D eigenvalue weighted by atomic mass is 16.5. The van der Waals surface area contributed by atoms with Gasteiger partial charge in [0.2, 0.25) is 0 Å². The number of aromatic nitrogens is 1. The van der Waals surface area contributed by atoms with E-state index in [1.54, 1.807) is 4.90 Å². The number of likely N-dealkylation sites (tertiary alicyclic amines) is 1. The summed E-state index contributed by atoms with van der Waals surface area (Å²) < 4.78 is 7.65. The number of carboxylic acids is 1. The molecule has 1 fully saturated rings. The Balaban J connectivity index is 1.95. The third-order valence-electron chi connectivity index (χ3n) is 5.25. The van der Waals surface area contributed by atoms with Crippen molar-refractivity contribution in [2.45, 2.75) is 40.2 Å². The molecular weight excluding hydrogens is 332 g/mol. The van der Waals surface area contributed by atoms with Gasteiger partial charge < -0.3 is 19.3 Å². The van der Waals surface area contributed by atoms with Gasteiger partial charge in [-0.1, -0.05) is 0 Å². The summed E-state index contributed by atoms with van der Waals surface area (Å²) in [7, 11) is 0. The van der Waals surface area contributed by atoms with E-state index in [-0.39, 0.29) is 11.8 Å². The summed E-state index contributed by atoms with van der Waals surface area (Å²) in [6.07, 6.45) is 1.03. The van der Waals surface area contributed by atoms with Crippen molar-refractivity contribution < 1.29 is 19.4 Å². The Morgan fingerprint density at radius 2 is 1.92 bits per heavy atom. The van der Waals surface area contributed by atoms with Gasteiger partial charge in [0.25, 0.3) is 5.91 Å². The fourth-order valence-electron chi connectivity index (χ4n) is 3.84. The van der Waals surface area contributed by atoms with Crippen LogP contribution in [0.25, 0.3) is 10.9 Å². The van der Waals surface area contributed by atoms with E-state index in [0.717, 1.165) is 22.2 Å². The minimum atomic E-state index is -0.764. The molecule has 1 N–H and O–H groups in total. The maximum Gasteiger partial charge on any atom is 0.306 e. The number of hydrogen-bond acceptors (Lipinski definition) is 3. The van der Waals surface area contributed by atoms with Crippen LogP contribution in [0.4, 0.5) is 0 Å². The van der Waals surface area contributed by atoms with Crippen molar-refractivity contribution in [2.24, 2.45) is 5.92 Å². The molecule has 0 spiro atoms. The van der Waals surface area contributed by atoms with Gasteiger partial charge in [0, 0.05) is 30.5 Å². The van der Waals surface area contributed by atoms with Crippen LogP contribution in [-0.2, 0) is 11.3 Å². The average molecular weight is 358 g/mol. The molecule has 0 saturated carbocycles. The monoisotopic (exact) mass is 358 g/mol. The van der Waals surface area contributed by atoms with Crippen LogP contribution in [0.15, 0.2) is 18.2 Å². The SMILES string of the molecule is CCOc1ccc2c(c1)c(C)c(C(=O)N1CCC(C(=O)O)CC1)n2CC. The number of nitrogens with zero attached hydrogens (tertiary/aromatic N) is 2. The van der Waals surface area contributed by atoms with Gasteiger partial charge in [-0.2, -0.15) is 0 Å². The molecule has 1 aliphatic heterocycles. The summed E-state index contributed by atoms with van der Waals surface area (Å²) in [5, 5.41) is 10.2. The van der Waals surface area contributed by atoms with Gasteiger partial charge in [0.05, 0.1) is 12.5 Å². The summed E-state index contributed by atoms with van der Waals surface area (Å²) in [4.78, 5) is 26.1. The fraction of sp³-hybridized carbons (Fsp3) is 0.500. The van der Waals surface area contributed by atoms with E-state index in [4.69, 9.17) is 9.84 Å². The van der Waals surface area contributed by atoms with Crippen LogP contribution in [-0.4, -0.2) is 46.1 Å². The maximum atomic E-state index is 13.2. The highest BCUT2D eigenvalue weighted by Crippen LogP contribution is 2.31. The molecule has 0 radical (unpaired) electrons. The number of carbonyl (C=O) groups is 2. The van der Waals surface area contributed by atoms with Gasteiger partial charge in [0.1, 0.15) is 11.4 Å². The van der Waals surface area contributed by atoms with Crippen molar-refractivity contribution >= 4 is 22.8 Å². The second-order valence-corrected chi connectivity index (χ2v) is 6.73. The zero-order valence-electron chi connectivity index (χ0n) is 15.6. The molecule has 2 heterocycles. The van der Waals surface area contributed by atoms with E-state index in [0.29, 0.717) is 44.8 Å². The normalized spacial score (nSPS) is 15.4. The smallest absolute Gasteiger partial charge is 0.306 e. The van der Waals surface area contributed by atoms with E-state index >= 15 is 0 Å². The molecule has 0 bridgehead atoms. The zero-order valence-corrected chi connectivity index (χ0v) is 15.6. The number of rotatable bonds is 5. The van der Waals surface area contributed by atoms with Gasteiger partial charge in [-0.05, 0) is 57.4 Å². The number of aryl methyl sites for hydroxylation is 2. The molecular formula is C20H26N2O4. The van der Waals surface area contributed by atoms with Crippen LogP contribution in [0, 0.1) is 12.8 Å². The predicted octanol–water partition coefficient (Wildman–Crippen LogP) is 3.31. The molecule has 0 unspecified atom stereocenters. The largest absolute Gasteiger partial charge is 0.494 e. The van der Waals surface area contributed by atoms with Crippen LogP contribution < -0.4 is 4.74 Å². The van der Waals surface area contributed by atoms with Crippen molar-refractivity contribution in [3.63, 3.8) is 0 Å². The van der Waals surface area contributed by atoms with Crippen LogP contribution in [0.1, 0.15) is 42.7 Å². The number of carboxylic acid groups (broad SMARTS) is 1. The molecule has 1 aromatic heterocycles. The Hall–Kier alpha value is -2.50. The number of piperidine rings is 1. The maximum absolute atomic E-state index is 13.2. The minimum Gasteiger partial charge on any atom is -0.494 e. The first-order valence-electron chi connectivity index (χ1n) is 9.25. The Kier molecular flexibility index (Phi) is 5.20. The van der Waals surface area contributed by atoms with E-state index in [1.165, 1.54) is 0 Å². The summed E-state index contributed by atoms with van der Waals surface area (Å²) >= 11 is 0. The second-order valence-electron chi connectivity index (χ2n) is 6.73. The highest BCUT2D eigenvalue weighted by Gasteiger charge is 2.30. The average Bonchev–Trinajstić information content (AvgIpc) is 2.93. The number of carbonyl (C=O) groups excluding carboxylic acids is 1. The lowest BCUT2D eigenvalue weighted by atomic mass is 9.97. The lowest BCUT2D eigenvalue weighted by Crippen LogP contribution is -2.41. The third-order valence-corrected chi connectivity index (χ3v) is 5.25. The number of fused-ring (bicyclic) bond motifs is 1. The lowest BCUT2D eigenvalue weighted by Gasteiger charge is -2.30. The third kappa shape index (κ3) is 3.16. The van der Waals surface area contributed by atoms with E-state index in [2.05, 4.69) is 0 Å². The Morgan fingerprint density at radius 3 is 2.50 bits per heavy atom. The quantitative estimate of drug-likeness (QED) is 0.890. The van der Waals surface area contributed by atoms with Crippen molar-refractivity contribution in [2.75, 3.05) is 19.7 Å². The molecule has 1 aromatic carbocycles. The van der Waals surface area contributed by atoms with Crippen LogP contribution in [0.2, 0.25) is 0 Å². The molecule has 6 nitrogen and oxygen atoms in total. The number of benzene rings is 1. The first kappa shape index (κ1) is 18.3. The molecule has 0 atom stereocenters. The van der Waals surface area contributed by atoms with Gasteiger partial charge >= 0.3 is 5.97 Å². The molecule has 140 valence electrons. The summed E-state index contributed by atoms with van der Waals surface area (Å²) in [5.41, 5.74) is 2.68. The van der Waals surface area contributed by atoms with Gasteiger partial charge in [0.15, 0.2) is 0 Å². The van der Waals surface area contributed by atoms with Crippen LogP contribution in [0.5, 0.6) is 5.75 Å². The van der Waals surface area contributed by atoms with Crippen molar-refractivity contribution in [1.29, 1.82) is 0 Å². The predicted molar refractivity (Wildman–Crippen MR) is 99.8 cm³/mol. The molecule has 1 amide bonds. The summed E-state index contributed by atoms with van der Waals surface area (Å²) in [6.45, 7) is 8.23. The number of amides is 1. The molecule has 6 heteroatoms. The second kappa shape index (κ2) is 7.40. The van der Waals surface area contributed by atoms with Crippen molar-refractivity contribution in [3.05, 3.63) is 29.5 Å². The van der Waals surface area contributed by atoms with E-state index < -0.39 is 5.97 Å². The Morgan fingerprint density at radius 1 is 1.23 bits per heavy atom. The standard InChI is InChI=1S/C20H26N2O4/c1-4-22-17-7-6-15(26-5-2)12-16(17)13(3)18(22)19(23)21-10-8-14(9-11-21)20(24)25/h6-7,12,14H,4-5,8-11H2,1-3H3,(H,24,25). The lowest BCUT2D eigenvalue weighted by molar-refractivity contribution is -0.143. The van der Waals surface area contributed by atoms with E-state index in [9.17, 15) is 9.59 Å². The highest BCUT2D eigenvalue weighted by molar-refractivity contribution is 6.02.